The Balaban J connectivity index is 1.64. The molecule has 2 heterocycles. The summed E-state index contributed by atoms with van der Waals surface area (Å²) in [6.45, 7) is 0. The van der Waals surface area contributed by atoms with E-state index in [1.54, 1.807) is 0 Å². The number of nitrogens with one attached hydrogen (secondary N) is 1. The van der Waals surface area contributed by atoms with Crippen LogP contribution in [0.3, 0.4) is 0 Å². The van der Waals surface area contributed by atoms with Crippen molar-refractivity contribution >= 4 is 54.5 Å². The van der Waals surface area contributed by atoms with Gasteiger partial charge in [0.15, 0.2) is 0 Å². The first kappa shape index (κ1) is 15.8. The lowest BCUT2D eigenvalue weighted by molar-refractivity contribution is 0.669. The third-order valence-electron chi connectivity index (χ3n) is 6.19. The molecule has 2 aromatic heterocycles. The number of aromatic nitrogens is 1. The molecule has 0 unspecified atom stereocenters. The van der Waals surface area contributed by atoms with Gasteiger partial charge in [-0.05, 0) is 52.2 Å². The number of fused-ring (bicyclic) bond motifs is 9. The molecule has 140 valence electrons. The lowest BCUT2D eigenvalue weighted by Gasteiger charge is -2.06. The van der Waals surface area contributed by atoms with Crippen molar-refractivity contribution in [2.24, 2.45) is 0 Å². The minimum absolute atomic E-state index is 0.931. The van der Waals surface area contributed by atoms with E-state index in [4.69, 9.17) is 4.42 Å². The first-order valence-electron chi connectivity index (χ1n) is 10.2. The minimum Gasteiger partial charge on any atom is -0.456 e. The average Bonchev–Trinajstić information content (AvgIpc) is 3.37. The van der Waals surface area contributed by atoms with Gasteiger partial charge in [0, 0.05) is 32.6 Å². The molecule has 5 aromatic carbocycles. The van der Waals surface area contributed by atoms with Crippen LogP contribution in [-0.2, 0) is 0 Å². The molecular formula is C28H17NO. The van der Waals surface area contributed by atoms with E-state index < -0.39 is 0 Å². The van der Waals surface area contributed by atoms with Crippen molar-refractivity contribution in [1.29, 1.82) is 0 Å². The number of furan rings is 1. The Kier molecular flexibility index (Phi) is 3.03. The van der Waals surface area contributed by atoms with Gasteiger partial charge in [0.2, 0.25) is 0 Å². The van der Waals surface area contributed by atoms with Crippen LogP contribution >= 0.6 is 0 Å². The summed E-state index contributed by atoms with van der Waals surface area (Å²) in [6, 6.07) is 34.2. The Bertz CT molecular complexity index is 1740. The van der Waals surface area contributed by atoms with Crippen molar-refractivity contribution in [3.8, 4) is 11.1 Å². The molecular weight excluding hydrogens is 366 g/mol. The van der Waals surface area contributed by atoms with E-state index in [1.165, 1.54) is 38.1 Å². The maximum atomic E-state index is 6.15. The highest BCUT2D eigenvalue weighted by molar-refractivity contribution is 6.31. The number of rotatable bonds is 1. The summed E-state index contributed by atoms with van der Waals surface area (Å²) >= 11 is 0. The van der Waals surface area contributed by atoms with Crippen LogP contribution < -0.4 is 0 Å². The largest absolute Gasteiger partial charge is 0.456 e. The molecule has 0 aliphatic carbocycles. The van der Waals surface area contributed by atoms with Crippen LogP contribution in [0.4, 0.5) is 0 Å². The maximum Gasteiger partial charge on any atom is 0.136 e. The molecule has 0 saturated heterocycles. The summed E-state index contributed by atoms with van der Waals surface area (Å²) in [5.41, 5.74) is 6.64. The topological polar surface area (TPSA) is 28.9 Å². The molecule has 0 saturated carbocycles. The third-order valence-corrected chi connectivity index (χ3v) is 6.19. The molecule has 30 heavy (non-hydrogen) atoms. The van der Waals surface area contributed by atoms with Gasteiger partial charge >= 0.3 is 0 Å². The number of H-pyrrole nitrogens is 1. The summed E-state index contributed by atoms with van der Waals surface area (Å²) in [5.74, 6) is 0. The third kappa shape index (κ3) is 2.08. The Morgan fingerprint density at radius 1 is 0.500 bits per heavy atom. The van der Waals surface area contributed by atoms with Gasteiger partial charge in [0.05, 0.1) is 0 Å². The molecule has 2 heteroatoms. The van der Waals surface area contributed by atoms with Crippen LogP contribution in [0.25, 0.3) is 65.6 Å². The number of hydrogen-bond donors (Lipinski definition) is 1. The van der Waals surface area contributed by atoms with Crippen molar-refractivity contribution in [1.82, 2.24) is 4.98 Å². The van der Waals surface area contributed by atoms with E-state index >= 15 is 0 Å². The molecule has 7 aromatic rings. The Morgan fingerprint density at radius 2 is 1.30 bits per heavy atom. The fraction of sp³-hybridized carbons (Fsp3) is 0. The smallest absolute Gasteiger partial charge is 0.136 e. The molecule has 2 nitrogen and oxygen atoms in total. The van der Waals surface area contributed by atoms with Gasteiger partial charge in [-0.3, -0.25) is 0 Å². The predicted molar refractivity (Wildman–Crippen MR) is 126 cm³/mol. The van der Waals surface area contributed by atoms with Crippen molar-refractivity contribution in [3.63, 3.8) is 0 Å². The van der Waals surface area contributed by atoms with E-state index in [0.717, 1.165) is 27.6 Å². The van der Waals surface area contributed by atoms with Crippen molar-refractivity contribution in [2.75, 3.05) is 0 Å². The molecule has 1 N–H and O–H groups in total. The van der Waals surface area contributed by atoms with Crippen LogP contribution in [0, 0.1) is 0 Å². The second-order valence-electron chi connectivity index (χ2n) is 7.87. The Hall–Kier alpha value is -4.04. The molecule has 0 amide bonds. The fourth-order valence-corrected chi connectivity index (χ4v) is 4.84. The zero-order valence-corrected chi connectivity index (χ0v) is 16.1. The predicted octanol–water partition coefficient (Wildman–Crippen LogP) is 8.04. The van der Waals surface area contributed by atoms with Crippen molar-refractivity contribution in [2.45, 2.75) is 0 Å². The second kappa shape index (κ2) is 5.74. The maximum absolute atomic E-state index is 6.15. The first-order valence-corrected chi connectivity index (χ1v) is 10.2. The van der Waals surface area contributed by atoms with Gasteiger partial charge < -0.3 is 9.40 Å². The molecule has 0 aliphatic heterocycles. The molecule has 7 rings (SSSR count). The number of benzene rings is 5. The lowest BCUT2D eigenvalue weighted by atomic mass is 9.97. The first-order chi connectivity index (χ1) is 14.9. The van der Waals surface area contributed by atoms with Gasteiger partial charge in [0.25, 0.3) is 0 Å². The summed E-state index contributed by atoms with van der Waals surface area (Å²) in [7, 11) is 0. The standard InChI is InChI=1S/C28H17NO/c1-2-6-17(7-3-1)18-10-12-20-19(16-18)11-13-22-26(20)28-23(29-22)14-15-25-27(28)21-8-4-5-9-24(21)30-25/h1-16,29H. The van der Waals surface area contributed by atoms with E-state index in [0.29, 0.717) is 0 Å². The van der Waals surface area contributed by atoms with Crippen molar-refractivity contribution in [3.05, 3.63) is 97.1 Å². The zero-order valence-electron chi connectivity index (χ0n) is 16.1. The van der Waals surface area contributed by atoms with Crippen molar-refractivity contribution < 1.29 is 4.42 Å². The quantitative estimate of drug-likeness (QED) is 0.305. The van der Waals surface area contributed by atoms with Gasteiger partial charge in [-0.1, -0.05) is 66.7 Å². The number of aromatic amines is 1. The van der Waals surface area contributed by atoms with E-state index in [-0.39, 0.29) is 0 Å². The highest BCUT2D eigenvalue weighted by Crippen LogP contribution is 2.41. The summed E-state index contributed by atoms with van der Waals surface area (Å²) in [6.07, 6.45) is 0. The summed E-state index contributed by atoms with van der Waals surface area (Å²) < 4.78 is 6.15. The zero-order chi connectivity index (χ0) is 19.7. The second-order valence-corrected chi connectivity index (χ2v) is 7.87. The van der Waals surface area contributed by atoms with E-state index in [1.807, 2.05) is 12.1 Å². The number of para-hydroxylation sites is 1. The van der Waals surface area contributed by atoms with Crippen LogP contribution in [0.5, 0.6) is 0 Å². The molecule has 0 bridgehead atoms. The fourth-order valence-electron chi connectivity index (χ4n) is 4.84. The van der Waals surface area contributed by atoms with Crippen LogP contribution in [0.2, 0.25) is 0 Å². The molecule has 0 atom stereocenters. The van der Waals surface area contributed by atoms with Gasteiger partial charge in [0.1, 0.15) is 11.2 Å². The molecule has 0 fully saturated rings. The molecule has 0 aliphatic rings. The van der Waals surface area contributed by atoms with Gasteiger partial charge in [-0.25, -0.2) is 0 Å². The monoisotopic (exact) mass is 383 g/mol. The Morgan fingerprint density at radius 3 is 2.23 bits per heavy atom. The van der Waals surface area contributed by atoms with E-state index in [9.17, 15) is 0 Å². The van der Waals surface area contributed by atoms with Crippen LogP contribution in [0.15, 0.2) is 101 Å². The van der Waals surface area contributed by atoms with Crippen LogP contribution in [0.1, 0.15) is 0 Å². The molecule has 0 spiro atoms. The minimum atomic E-state index is 0.931. The SMILES string of the molecule is c1ccc(-c2ccc3c(ccc4[nH]c5ccc6oc7ccccc7c6c5c43)c2)cc1. The molecule has 0 radical (unpaired) electrons. The van der Waals surface area contributed by atoms with Gasteiger partial charge in [-0.2, -0.15) is 0 Å². The van der Waals surface area contributed by atoms with Crippen LogP contribution in [-0.4, -0.2) is 4.98 Å². The summed E-state index contributed by atoms with van der Waals surface area (Å²) in [5, 5.41) is 7.36. The lowest BCUT2D eigenvalue weighted by Crippen LogP contribution is -1.80. The average molecular weight is 383 g/mol. The van der Waals surface area contributed by atoms with Gasteiger partial charge in [-0.15, -0.1) is 0 Å². The highest BCUT2D eigenvalue weighted by Gasteiger charge is 2.16. The normalized spacial score (nSPS) is 12.0. The Labute approximate surface area is 172 Å². The number of hydrogen-bond acceptors (Lipinski definition) is 1. The van der Waals surface area contributed by atoms with E-state index in [2.05, 4.69) is 89.9 Å². The highest BCUT2D eigenvalue weighted by atomic mass is 16.3. The summed E-state index contributed by atoms with van der Waals surface area (Å²) in [4.78, 5) is 3.62.